The molecule has 1 aromatic rings. The highest BCUT2D eigenvalue weighted by Gasteiger charge is 2.28. The predicted molar refractivity (Wildman–Crippen MR) is 56.8 cm³/mol. The second-order valence-electron chi connectivity index (χ2n) is 3.50. The molecule has 0 heterocycles. The Hall–Kier alpha value is -2.05. The maximum atomic E-state index is 13.6. The summed E-state index contributed by atoms with van der Waals surface area (Å²) in [5.74, 6) is -2.76. The Bertz CT molecular complexity index is 503. The molecule has 5 nitrogen and oxygen atoms in total. The van der Waals surface area contributed by atoms with Crippen LogP contribution < -0.4 is 4.90 Å². The second-order valence-corrected chi connectivity index (χ2v) is 3.50. The van der Waals surface area contributed by atoms with Crippen molar-refractivity contribution in [3.63, 3.8) is 0 Å². The Morgan fingerprint density at radius 2 is 2.00 bits per heavy atom. The summed E-state index contributed by atoms with van der Waals surface area (Å²) in [6, 6.07) is 0.776. The Balaban J connectivity index is 3.59. The Morgan fingerprint density at radius 1 is 1.47 bits per heavy atom. The number of carbonyl (C=O) groups is 1. The number of nitro groups is 1. The van der Waals surface area contributed by atoms with Crippen molar-refractivity contribution < 1.29 is 18.5 Å². The van der Waals surface area contributed by atoms with E-state index in [0.717, 1.165) is 24.8 Å². The molecule has 1 aromatic carbocycles. The molecule has 0 saturated heterocycles. The van der Waals surface area contributed by atoms with Crippen LogP contribution in [0.15, 0.2) is 6.07 Å². The lowest BCUT2D eigenvalue weighted by Crippen LogP contribution is -2.24. The monoisotopic (exact) mass is 244 g/mol. The highest BCUT2D eigenvalue weighted by Crippen LogP contribution is 2.33. The fourth-order valence-electron chi connectivity index (χ4n) is 1.29. The Labute approximate surface area is 95.8 Å². The van der Waals surface area contributed by atoms with Crippen molar-refractivity contribution in [1.82, 2.24) is 0 Å². The summed E-state index contributed by atoms with van der Waals surface area (Å²) in [5.41, 5.74) is -1.75. The van der Waals surface area contributed by atoms with Crippen LogP contribution in [0.25, 0.3) is 0 Å². The molecule has 7 heteroatoms. The van der Waals surface area contributed by atoms with Gasteiger partial charge >= 0.3 is 5.69 Å². The molecule has 0 spiro atoms. The first-order valence-electron chi connectivity index (χ1n) is 4.64. The molecule has 92 valence electrons. The Morgan fingerprint density at radius 3 is 2.41 bits per heavy atom. The van der Waals surface area contributed by atoms with E-state index >= 15 is 0 Å². The molecule has 17 heavy (non-hydrogen) atoms. The number of carbonyl (C=O) groups excluding carboxylic acids is 1. The molecule has 0 aliphatic heterocycles. The van der Waals surface area contributed by atoms with E-state index in [-0.39, 0.29) is 0 Å². The molecular weight excluding hydrogens is 234 g/mol. The van der Waals surface area contributed by atoms with Gasteiger partial charge in [-0.1, -0.05) is 0 Å². The molecule has 0 radical (unpaired) electrons. The minimum absolute atomic E-state index is 0.400. The lowest BCUT2D eigenvalue weighted by molar-refractivity contribution is -0.386. The third kappa shape index (κ3) is 2.22. The number of amides is 1. The van der Waals surface area contributed by atoms with Crippen LogP contribution in [0.2, 0.25) is 0 Å². The van der Waals surface area contributed by atoms with Crippen molar-refractivity contribution in [3.8, 4) is 0 Å². The average Bonchev–Trinajstić information content (AvgIpc) is 2.23. The van der Waals surface area contributed by atoms with Gasteiger partial charge in [0, 0.05) is 25.6 Å². The zero-order valence-electron chi connectivity index (χ0n) is 9.45. The summed E-state index contributed by atoms with van der Waals surface area (Å²) in [5, 5.41) is 10.7. The molecule has 0 N–H and O–H groups in total. The van der Waals surface area contributed by atoms with Gasteiger partial charge in [-0.3, -0.25) is 14.9 Å². The molecule has 0 saturated carbocycles. The van der Waals surface area contributed by atoms with Crippen LogP contribution in [0.4, 0.5) is 20.2 Å². The van der Waals surface area contributed by atoms with Crippen LogP contribution in [0.3, 0.4) is 0 Å². The van der Waals surface area contributed by atoms with Gasteiger partial charge in [0.1, 0.15) is 11.5 Å². The van der Waals surface area contributed by atoms with Crippen molar-refractivity contribution in [1.29, 1.82) is 0 Å². The lowest BCUT2D eigenvalue weighted by atomic mass is 10.1. The van der Waals surface area contributed by atoms with E-state index in [1.54, 1.807) is 0 Å². The van der Waals surface area contributed by atoms with Gasteiger partial charge in [-0.05, 0) is 6.92 Å². The minimum atomic E-state index is -1.27. The van der Waals surface area contributed by atoms with Crippen LogP contribution in [-0.4, -0.2) is 17.9 Å². The second kappa shape index (κ2) is 4.44. The molecule has 0 aliphatic rings. The van der Waals surface area contributed by atoms with Gasteiger partial charge in [0.05, 0.1) is 4.92 Å². The van der Waals surface area contributed by atoms with Gasteiger partial charge < -0.3 is 4.90 Å². The summed E-state index contributed by atoms with van der Waals surface area (Å²) in [7, 11) is 1.21. The third-order valence-corrected chi connectivity index (χ3v) is 2.42. The fraction of sp³-hybridized carbons (Fsp3) is 0.300. The lowest BCUT2D eigenvalue weighted by Gasteiger charge is -2.16. The van der Waals surface area contributed by atoms with Crippen LogP contribution >= 0.6 is 0 Å². The van der Waals surface area contributed by atoms with E-state index in [1.165, 1.54) is 7.05 Å². The van der Waals surface area contributed by atoms with Crippen molar-refractivity contribution in [3.05, 3.63) is 33.4 Å². The van der Waals surface area contributed by atoms with E-state index in [9.17, 15) is 23.7 Å². The third-order valence-electron chi connectivity index (χ3n) is 2.42. The zero-order valence-corrected chi connectivity index (χ0v) is 9.45. The summed E-state index contributed by atoms with van der Waals surface area (Å²) in [6.07, 6.45) is 0. The van der Waals surface area contributed by atoms with Gasteiger partial charge in [-0.2, -0.15) is 4.39 Å². The van der Waals surface area contributed by atoms with Crippen LogP contribution in [0.1, 0.15) is 12.5 Å². The average molecular weight is 244 g/mol. The first-order chi connectivity index (χ1) is 7.77. The van der Waals surface area contributed by atoms with Crippen molar-refractivity contribution in [2.75, 3.05) is 11.9 Å². The minimum Gasteiger partial charge on any atom is -0.310 e. The van der Waals surface area contributed by atoms with E-state index < -0.39 is 39.4 Å². The van der Waals surface area contributed by atoms with Crippen LogP contribution in [-0.2, 0) is 4.79 Å². The van der Waals surface area contributed by atoms with Gasteiger partial charge in [-0.25, -0.2) is 4.39 Å². The number of nitro benzene ring substituents is 1. The van der Waals surface area contributed by atoms with Crippen LogP contribution in [0.5, 0.6) is 0 Å². The highest BCUT2D eigenvalue weighted by molar-refractivity contribution is 5.93. The number of benzene rings is 1. The van der Waals surface area contributed by atoms with E-state index in [2.05, 4.69) is 0 Å². The topological polar surface area (TPSA) is 63.5 Å². The quantitative estimate of drug-likeness (QED) is 0.591. The van der Waals surface area contributed by atoms with E-state index in [4.69, 9.17) is 0 Å². The number of anilines is 1. The molecular formula is C10H10F2N2O3. The maximum absolute atomic E-state index is 13.6. The smallest absolute Gasteiger partial charge is 0.310 e. The Kier molecular flexibility index (Phi) is 3.40. The predicted octanol–water partition coefficient (Wildman–Crippen LogP) is 2.16. The van der Waals surface area contributed by atoms with Crippen molar-refractivity contribution in [2.24, 2.45) is 0 Å². The maximum Gasteiger partial charge on any atom is 0.328 e. The van der Waals surface area contributed by atoms with Gasteiger partial charge in [0.25, 0.3) is 0 Å². The van der Waals surface area contributed by atoms with Crippen molar-refractivity contribution in [2.45, 2.75) is 13.8 Å². The fourth-order valence-corrected chi connectivity index (χ4v) is 1.29. The molecule has 1 rings (SSSR count). The molecule has 0 bridgehead atoms. The zero-order chi connectivity index (χ0) is 13.3. The van der Waals surface area contributed by atoms with Gasteiger partial charge in [0.15, 0.2) is 0 Å². The van der Waals surface area contributed by atoms with Gasteiger partial charge in [-0.15, -0.1) is 0 Å². The standard InChI is InChI=1S/C10H10F2N2O3/c1-5-7(11)4-8(13(3)6(2)15)10(9(5)12)14(16)17/h4H,1-3H3. The van der Waals surface area contributed by atoms with E-state index in [0.29, 0.717) is 0 Å². The summed E-state index contributed by atoms with van der Waals surface area (Å²) < 4.78 is 26.9. The number of rotatable bonds is 2. The van der Waals surface area contributed by atoms with Crippen molar-refractivity contribution >= 4 is 17.3 Å². The number of hydrogen-bond donors (Lipinski definition) is 0. The highest BCUT2D eigenvalue weighted by atomic mass is 19.1. The first kappa shape index (κ1) is 13.0. The summed E-state index contributed by atoms with van der Waals surface area (Å²) in [4.78, 5) is 21.7. The SMILES string of the molecule is CC(=O)N(C)c1cc(F)c(C)c(F)c1[N+](=O)[O-]. The largest absolute Gasteiger partial charge is 0.328 e. The van der Waals surface area contributed by atoms with Gasteiger partial charge in [0.2, 0.25) is 11.7 Å². The molecule has 1 amide bonds. The first-order valence-corrected chi connectivity index (χ1v) is 4.64. The summed E-state index contributed by atoms with van der Waals surface area (Å²) in [6.45, 7) is 2.23. The number of nitrogens with zero attached hydrogens (tertiary/aromatic N) is 2. The van der Waals surface area contributed by atoms with Crippen LogP contribution in [0, 0.1) is 28.7 Å². The molecule has 0 fully saturated rings. The number of halogens is 2. The normalized spacial score (nSPS) is 10.2. The molecule has 0 atom stereocenters. The summed E-state index contributed by atoms with van der Waals surface area (Å²) >= 11 is 0. The molecule has 0 aromatic heterocycles. The van der Waals surface area contributed by atoms with E-state index in [1.807, 2.05) is 0 Å². The molecule has 0 aliphatic carbocycles. The number of hydrogen-bond acceptors (Lipinski definition) is 3. The molecule has 0 unspecified atom stereocenters.